The van der Waals surface area contributed by atoms with Crippen LogP contribution in [0.15, 0.2) is 176 Å². The number of likely N-dealkylation sites (tertiary alicyclic amines) is 1. The van der Waals surface area contributed by atoms with Gasteiger partial charge in [0.05, 0.1) is 24.0 Å². The number of amides is 3. The number of hydrogen-bond acceptors (Lipinski definition) is 9. The van der Waals surface area contributed by atoms with Gasteiger partial charge in [-0.05, 0) is 105 Å². The Kier molecular flexibility index (Phi) is 13.3. The smallest absolute Gasteiger partial charge is 0.414 e. The number of hydrogen-bond donors (Lipinski definition) is 3. The first-order chi connectivity index (χ1) is 35.8. The van der Waals surface area contributed by atoms with E-state index in [1.807, 2.05) is 95.9 Å². The average molecular weight is 987 g/mol. The lowest BCUT2D eigenvalue weighted by atomic mass is 9.90. The fourth-order valence-corrected chi connectivity index (χ4v) is 10.7. The molecule has 8 aromatic rings. The predicted molar refractivity (Wildman–Crippen MR) is 286 cm³/mol. The fourth-order valence-electron chi connectivity index (χ4n) is 10.6. The molecule has 7 aromatic carbocycles. The third-order valence-electron chi connectivity index (χ3n) is 14.2. The van der Waals surface area contributed by atoms with Crippen molar-refractivity contribution in [3.8, 4) is 22.3 Å². The number of carbonyl (C=O) groups excluding carboxylic acids is 3. The minimum atomic E-state index is -0.474. The van der Waals surface area contributed by atoms with E-state index in [1.54, 1.807) is 30.1 Å². The normalized spacial score (nSPS) is 14.5. The summed E-state index contributed by atoms with van der Waals surface area (Å²) < 4.78 is 12.4. The molecule has 3 aliphatic rings. The van der Waals surface area contributed by atoms with Crippen LogP contribution in [0.4, 0.5) is 38.4 Å². The van der Waals surface area contributed by atoms with Crippen molar-refractivity contribution in [1.29, 1.82) is 0 Å². The predicted octanol–water partition coefficient (Wildman–Crippen LogP) is 13.1. The number of piperidine rings is 1. The molecule has 3 N–H and O–H groups in total. The number of fused-ring (bicyclic) bond motifs is 6. The van der Waals surface area contributed by atoms with Crippen LogP contribution < -0.4 is 20.9 Å². The van der Waals surface area contributed by atoms with Crippen molar-refractivity contribution in [1.82, 2.24) is 20.2 Å². The molecule has 2 aliphatic carbocycles. The van der Waals surface area contributed by atoms with Gasteiger partial charge in [-0.1, -0.05) is 145 Å². The highest BCUT2D eigenvalue weighted by atomic mass is 35.5. The van der Waals surface area contributed by atoms with Gasteiger partial charge in [-0.2, -0.15) is 4.98 Å². The molecule has 364 valence electrons. The van der Waals surface area contributed by atoms with E-state index in [2.05, 4.69) is 86.6 Å². The van der Waals surface area contributed by atoms with E-state index in [9.17, 15) is 14.4 Å². The van der Waals surface area contributed by atoms with Crippen molar-refractivity contribution in [2.45, 2.75) is 37.1 Å². The molecule has 1 unspecified atom stereocenters. The highest BCUT2D eigenvalue weighted by Crippen LogP contribution is 2.46. The van der Waals surface area contributed by atoms with Gasteiger partial charge in [0.1, 0.15) is 18.2 Å². The number of benzene rings is 7. The Morgan fingerprint density at radius 3 is 1.90 bits per heavy atom. The Balaban J connectivity index is 0.812. The monoisotopic (exact) mass is 985 g/mol. The summed E-state index contributed by atoms with van der Waals surface area (Å²) >= 11 is 6.52. The first-order valence-electron chi connectivity index (χ1n) is 24.6. The van der Waals surface area contributed by atoms with Crippen molar-refractivity contribution in [2.24, 2.45) is 0 Å². The van der Waals surface area contributed by atoms with Crippen molar-refractivity contribution in [2.75, 3.05) is 48.9 Å². The van der Waals surface area contributed by atoms with E-state index in [-0.39, 0.29) is 60.5 Å². The number of nitrogens with one attached hydrogen (secondary N) is 3. The van der Waals surface area contributed by atoms with Crippen molar-refractivity contribution in [3.05, 3.63) is 220 Å². The molecule has 1 aliphatic heterocycles. The summed E-state index contributed by atoms with van der Waals surface area (Å²) in [6, 6.07) is 56.1. The highest BCUT2D eigenvalue weighted by Gasteiger charge is 2.33. The van der Waals surface area contributed by atoms with Gasteiger partial charge in [-0.15, -0.1) is 0 Å². The molecule has 0 radical (unpaired) electrons. The van der Waals surface area contributed by atoms with E-state index >= 15 is 0 Å². The molecule has 1 fully saturated rings. The number of para-hydroxylation sites is 1. The molecule has 0 saturated carbocycles. The lowest BCUT2D eigenvalue weighted by molar-refractivity contribution is 0.0891. The number of nitrogens with zero attached hydrogens (tertiary/aromatic N) is 4. The van der Waals surface area contributed by atoms with Crippen molar-refractivity contribution < 1.29 is 23.9 Å². The number of halogens is 1. The van der Waals surface area contributed by atoms with Crippen LogP contribution in [0.5, 0.6) is 0 Å². The van der Waals surface area contributed by atoms with Gasteiger partial charge in [-0.3, -0.25) is 9.69 Å². The molecule has 12 nitrogen and oxygen atoms in total. The maximum Gasteiger partial charge on any atom is 0.414 e. The van der Waals surface area contributed by atoms with Gasteiger partial charge in [0.25, 0.3) is 5.91 Å². The second kappa shape index (κ2) is 20.7. The van der Waals surface area contributed by atoms with Crippen LogP contribution >= 0.6 is 11.6 Å². The zero-order valence-corrected chi connectivity index (χ0v) is 40.9. The molecular formula is C60H52ClN7O5. The third kappa shape index (κ3) is 9.69. The first-order valence-corrected chi connectivity index (χ1v) is 25.0. The molecule has 3 amide bonds. The molecule has 0 spiro atoms. The SMILES string of the molecule is CNC(=O)c1ccccc1Nc1nc(Nc2ccc(CN(C(=O)OCC3c4ccccc4-c4ccccc43)c3cccc(C4CCCN(C(=O)OCC5c6ccccc6-c6ccccc65)C4)c3)cc2)ncc1Cl. The number of aromatic nitrogens is 2. The van der Waals surface area contributed by atoms with E-state index < -0.39 is 6.09 Å². The van der Waals surface area contributed by atoms with Crippen LogP contribution in [0.3, 0.4) is 0 Å². The molecule has 11 rings (SSSR count). The number of carbonyl (C=O) groups is 3. The van der Waals surface area contributed by atoms with Gasteiger partial charge in [-0.25, -0.2) is 14.6 Å². The maximum atomic E-state index is 14.6. The van der Waals surface area contributed by atoms with E-state index in [4.69, 9.17) is 21.1 Å². The molecule has 13 heteroatoms. The minimum absolute atomic E-state index is 0.0226. The van der Waals surface area contributed by atoms with Crippen LogP contribution in [0.2, 0.25) is 5.02 Å². The lowest BCUT2D eigenvalue weighted by Gasteiger charge is -2.33. The molecule has 1 saturated heterocycles. The maximum absolute atomic E-state index is 14.6. The molecule has 1 aromatic heterocycles. The molecule has 0 bridgehead atoms. The summed E-state index contributed by atoms with van der Waals surface area (Å²) in [4.78, 5) is 53.5. The van der Waals surface area contributed by atoms with Crippen LogP contribution in [0.1, 0.15) is 74.3 Å². The van der Waals surface area contributed by atoms with Gasteiger partial charge in [0, 0.05) is 49.3 Å². The number of rotatable bonds is 13. The van der Waals surface area contributed by atoms with Crippen LogP contribution in [0.25, 0.3) is 22.3 Å². The quantitative estimate of drug-likeness (QED) is 0.103. The minimum Gasteiger partial charge on any atom is -0.448 e. The van der Waals surface area contributed by atoms with E-state index in [0.29, 0.717) is 41.5 Å². The Morgan fingerprint density at radius 1 is 0.685 bits per heavy atom. The van der Waals surface area contributed by atoms with Crippen LogP contribution in [-0.2, 0) is 16.0 Å². The summed E-state index contributed by atoms with van der Waals surface area (Å²) in [5.74, 6) is 0.254. The zero-order chi connectivity index (χ0) is 49.8. The number of ether oxygens (including phenoxy) is 2. The summed E-state index contributed by atoms with van der Waals surface area (Å²) in [5.41, 5.74) is 13.6. The Hall–Kier alpha value is -8.48. The fraction of sp³-hybridized carbons (Fsp3) is 0.183. The van der Waals surface area contributed by atoms with Crippen LogP contribution in [0, 0.1) is 0 Å². The van der Waals surface area contributed by atoms with Gasteiger partial charge < -0.3 is 30.3 Å². The Labute approximate surface area is 429 Å². The molecule has 2 heterocycles. The Morgan fingerprint density at radius 2 is 1.27 bits per heavy atom. The van der Waals surface area contributed by atoms with Crippen LogP contribution in [-0.4, -0.2) is 66.3 Å². The number of anilines is 5. The summed E-state index contributed by atoms with van der Waals surface area (Å²) in [6.45, 7) is 1.75. The second-order valence-corrected chi connectivity index (χ2v) is 18.9. The summed E-state index contributed by atoms with van der Waals surface area (Å²) in [7, 11) is 1.57. The van der Waals surface area contributed by atoms with Gasteiger partial charge >= 0.3 is 12.2 Å². The largest absolute Gasteiger partial charge is 0.448 e. The zero-order valence-electron chi connectivity index (χ0n) is 40.1. The highest BCUT2D eigenvalue weighted by molar-refractivity contribution is 6.33. The average Bonchev–Trinajstić information content (AvgIpc) is 3.94. The van der Waals surface area contributed by atoms with E-state index in [0.717, 1.165) is 46.2 Å². The Bertz CT molecular complexity index is 3280. The molecular weight excluding hydrogens is 934 g/mol. The lowest BCUT2D eigenvalue weighted by Crippen LogP contribution is -2.40. The first kappa shape index (κ1) is 46.9. The summed E-state index contributed by atoms with van der Waals surface area (Å²) in [6.07, 6.45) is 2.40. The second-order valence-electron chi connectivity index (χ2n) is 18.5. The molecule has 1 atom stereocenters. The van der Waals surface area contributed by atoms with E-state index in [1.165, 1.54) is 28.5 Å². The summed E-state index contributed by atoms with van der Waals surface area (Å²) in [5, 5.41) is 9.36. The molecule has 73 heavy (non-hydrogen) atoms. The third-order valence-corrected chi connectivity index (χ3v) is 14.4. The van der Waals surface area contributed by atoms with Gasteiger partial charge in [0.2, 0.25) is 5.95 Å². The standard InChI is InChI=1S/C60H52ClN7O5/c1-62-57(69)51-25-10-11-26-55(51)65-56-54(61)33-63-58(66-56)64-41-29-27-38(28-30-41)34-68(60(71)73-37-53-49-23-8-4-19-45(49)46-20-5-9-24-50(46)53)42-16-12-14-39(32-42)40-15-13-31-67(35-40)59(70)72-36-52-47-21-6-2-17-43(47)44-18-3-7-22-48(44)52/h2-12,14,16-30,32-33,40,52-53H,13,15,31,34-37H2,1H3,(H,62,69)(H2,63,64,65,66). The van der Waals surface area contributed by atoms with Crippen molar-refractivity contribution in [3.63, 3.8) is 0 Å². The van der Waals surface area contributed by atoms with Crippen molar-refractivity contribution >= 4 is 58.5 Å². The van der Waals surface area contributed by atoms with Gasteiger partial charge in [0.15, 0.2) is 5.82 Å². The topological polar surface area (TPSA) is 138 Å².